The lowest BCUT2D eigenvalue weighted by atomic mass is 10.1. The van der Waals surface area contributed by atoms with E-state index in [-0.39, 0.29) is 10.6 Å². The highest BCUT2D eigenvalue weighted by Gasteiger charge is 2.31. The third-order valence-electron chi connectivity index (χ3n) is 3.12. The van der Waals surface area contributed by atoms with Gasteiger partial charge in [-0.05, 0) is 29.8 Å². The molecular weight excluding hydrogens is 369 g/mol. The van der Waals surface area contributed by atoms with Crippen LogP contribution in [0.5, 0.6) is 0 Å². The molecule has 0 saturated heterocycles. The fourth-order valence-corrected chi connectivity index (χ4v) is 3.78. The van der Waals surface area contributed by atoms with Crippen LogP contribution in [-0.4, -0.2) is 19.5 Å². The van der Waals surface area contributed by atoms with Crippen molar-refractivity contribution >= 4 is 27.4 Å². The number of alkyl halides is 3. The molecule has 0 bridgehead atoms. The van der Waals surface area contributed by atoms with E-state index in [1.165, 1.54) is 12.1 Å². The van der Waals surface area contributed by atoms with E-state index < -0.39 is 43.8 Å². The van der Waals surface area contributed by atoms with Crippen LogP contribution in [0.2, 0.25) is 5.02 Å². The fraction of sp³-hybridized carbons (Fsp3) is 0.133. The molecule has 2 aromatic carbocycles. The SMILES string of the molecule is O=C(O)c1cc(Cl)ccc1S(=O)(=O)Cc1cccc(C(F)(F)F)c1. The minimum atomic E-state index is -4.60. The van der Waals surface area contributed by atoms with Gasteiger partial charge in [0.15, 0.2) is 9.84 Å². The van der Waals surface area contributed by atoms with Crippen molar-refractivity contribution < 1.29 is 31.5 Å². The lowest BCUT2D eigenvalue weighted by Crippen LogP contribution is -2.12. The highest BCUT2D eigenvalue weighted by Crippen LogP contribution is 2.31. The predicted octanol–water partition coefficient (Wildman–Crippen LogP) is 4.03. The van der Waals surface area contributed by atoms with Crippen molar-refractivity contribution in [2.75, 3.05) is 0 Å². The number of carboxylic acid groups (broad SMARTS) is 1. The van der Waals surface area contributed by atoms with Crippen molar-refractivity contribution in [2.24, 2.45) is 0 Å². The lowest BCUT2D eigenvalue weighted by molar-refractivity contribution is -0.137. The number of hydrogen-bond donors (Lipinski definition) is 1. The van der Waals surface area contributed by atoms with Crippen LogP contribution in [0, 0.1) is 0 Å². The van der Waals surface area contributed by atoms with Crippen LogP contribution in [-0.2, 0) is 21.8 Å². The van der Waals surface area contributed by atoms with Crippen LogP contribution in [0.1, 0.15) is 21.5 Å². The maximum atomic E-state index is 12.7. The minimum absolute atomic E-state index is 0.0328. The molecule has 2 aromatic rings. The third kappa shape index (κ3) is 4.07. The van der Waals surface area contributed by atoms with E-state index in [0.717, 1.165) is 24.3 Å². The molecular formula is C15H10ClF3O4S. The summed E-state index contributed by atoms with van der Waals surface area (Å²) in [4.78, 5) is 10.7. The highest BCUT2D eigenvalue weighted by atomic mass is 35.5. The standard InChI is InChI=1S/C15H10ClF3O4S/c16-11-4-5-13(12(7-11)14(20)21)24(22,23)8-9-2-1-3-10(6-9)15(17,18)19/h1-7H,8H2,(H,20,21). The molecule has 0 amide bonds. The van der Waals surface area contributed by atoms with Gasteiger partial charge in [-0.15, -0.1) is 0 Å². The monoisotopic (exact) mass is 378 g/mol. The largest absolute Gasteiger partial charge is 0.478 e. The number of halogens is 4. The van der Waals surface area contributed by atoms with Gasteiger partial charge in [0.25, 0.3) is 0 Å². The van der Waals surface area contributed by atoms with Crippen molar-refractivity contribution in [3.63, 3.8) is 0 Å². The molecule has 4 nitrogen and oxygen atoms in total. The Morgan fingerprint density at radius 1 is 1.12 bits per heavy atom. The smallest absolute Gasteiger partial charge is 0.416 e. The summed E-state index contributed by atoms with van der Waals surface area (Å²) in [5, 5.41) is 9.13. The van der Waals surface area contributed by atoms with Crippen molar-refractivity contribution in [3.05, 3.63) is 64.2 Å². The molecule has 0 aliphatic rings. The van der Waals surface area contributed by atoms with Crippen LogP contribution >= 0.6 is 11.6 Å². The minimum Gasteiger partial charge on any atom is -0.478 e. The van der Waals surface area contributed by atoms with Crippen LogP contribution in [0.4, 0.5) is 13.2 Å². The number of carbonyl (C=O) groups is 1. The molecule has 0 aliphatic carbocycles. The van der Waals surface area contributed by atoms with Crippen molar-refractivity contribution in [1.29, 1.82) is 0 Å². The third-order valence-corrected chi connectivity index (χ3v) is 5.09. The molecule has 0 radical (unpaired) electrons. The van der Waals surface area contributed by atoms with E-state index in [4.69, 9.17) is 16.7 Å². The van der Waals surface area contributed by atoms with Crippen molar-refractivity contribution in [2.45, 2.75) is 16.8 Å². The predicted molar refractivity (Wildman–Crippen MR) is 80.7 cm³/mol. The molecule has 0 atom stereocenters. The first-order chi connectivity index (χ1) is 11.0. The van der Waals surface area contributed by atoms with Gasteiger partial charge in [0, 0.05) is 5.02 Å². The Kier molecular flexibility index (Phi) is 4.91. The van der Waals surface area contributed by atoms with Gasteiger partial charge in [-0.3, -0.25) is 0 Å². The number of carboxylic acids is 1. The van der Waals surface area contributed by atoms with Crippen LogP contribution in [0.3, 0.4) is 0 Å². The number of benzene rings is 2. The molecule has 0 unspecified atom stereocenters. The fourth-order valence-electron chi connectivity index (χ4n) is 2.08. The Morgan fingerprint density at radius 3 is 2.38 bits per heavy atom. The van der Waals surface area contributed by atoms with E-state index in [0.29, 0.717) is 6.07 Å². The summed E-state index contributed by atoms with van der Waals surface area (Å²) in [6.07, 6.45) is -4.60. The first kappa shape index (κ1) is 18.3. The molecule has 24 heavy (non-hydrogen) atoms. The van der Waals surface area contributed by atoms with E-state index >= 15 is 0 Å². The zero-order chi connectivity index (χ0) is 18.1. The van der Waals surface area contributed by atoms with Gasteiger partial charge in [0.2, 0.25) is 0 Å². The number of sulfone groups is 1. The number of rotatable bonds is 4. The van der Waals surface area contributed by atoms with Gasteiger partial charge in [-0.25, -0.2) is 13.2 Å². The average molecular weight is 379 g/mol. The molecule has 128 valence electrons. The van der Waals surface area contributed by atoms with Crippen LogP contribution < -0.4 is 0 Å². The van der Waals surface area contributed by atoms with Gasteiger partial charge >= 0.3 is 12.1 Å². The topological polar surface area (TPSA) is 71.4 Å². The Bertz CT molecular complexity index is 892. The second-order valence-electron chi connectivity index (χ2n) is 4.90. The molecule has 9 heteroatoms. The molecule has 0 saturated carbocycles. The van der Waals surface area contributed by atoms with E-state index in [2.05, 4.69) is 0 Å². The van der Waals surface area contributed by atoms with Gasteiger partial charge in [0.05, 0.1) is 21.8 Å². The zero-order valence-corrected chi connectivity index (χ0v) is 13.4. The van der Waals surface area contributed by atoms with Crippen LogP contribution in [0.15, 0.2) is 47.4 Å². The lowest BCUT2D eigenvalue weighted by Gasteiger charge is -2.11. The summed E-state index contributed by atoms with van der Waals surface area (Å²) in [5.41, 5.74) is -1.62. The van der Waals surface area contributed by atoms with Gasteiger partial charge in [-0.1, -0.05) is 29.8 Å². The Morgan fingerprint density at radius 2 is 1.79 bits per heavy atom. The molecule has 0 heterocycles. The first-order valence-electron chi connectivity index (χ1n) is 6.42. The molecule has 2 rings (SSSR count). The highest BCUT2D eigenvalue weighted by molar-refractivity contribution is 7.90. The zero-order valence-electron chi connectivity index (χ0n) is 11.8. The maximum absolute atomic E-state index is 12.7. The molecule has 0 aromatic heterocycles. The molecule has 0 aliphatic heterocycles. The number of hydrogen-bond acceptors (Lipinski definition) is 3. The van der Waals surface area contributed by atoms with Gasteiger partial charge in [0.1, 0.15) is 0 Å². The maximum Gasteiger partial charge on any atom is 0.416 e. The molecule has 0 fully saturated rings. The number of aromatic carboxylic acids is 1. The summed E-state index contributed by atoms with van der Waals surface area (Å²) in [5.74, 6) is -2.26. The summed E-state index contributed by atoms with van der Waals surface area (Å²) < 4.78 is 62.9. The summed E-state index contributed by atoms with van der Waals surface area (Å²) in [7, 11) is -4.17. The first-order valence-corrected chi connectivity index (χ1v) is 8.45. The Hall–Kier alpha value is -2.06. The van der Waals surface area contributed by atoms with E-state index in [1.54, 1.807) is 0 Å². The summed E-state index contributed by atoms with van der Waals surface area (Å²) in [6.45, 7) is 0. The Balaban J connectivity index is 2.45. The van der Waals surface area contributed by atoms with E-state index in [9.17, 15) is 26.4 Å². The summed E-state index contributed by atoms with van der Waals surface area (Å²) in [6, 6.07) is 7.05. The second-order valence-corrected chi connectivity index (χ2v) is 7.30. The Labute approximate surface area is 140 Å². The van der Waals surface area contributed by atoms with E-state index in [1.807, 2.05) is 0 Å². The van der Waals surface area contributed by atoms with Gasteiger partial charge < -0.3 is 5.11 Å². The van der Waals surface area contributed by atoms with Gasteiger partial charge in [-0.2, -0.15) is 13.2 Å². The molecule has 1 N–H and O–H groups in total. The average Bonchev–Trinajstić information content (AvgIpc) is 2.45. The van der Waals surface area contributed by atoms with Crippen molar-refractivity contribution in [1.82, 2.24) is 0 Å². The van der Waals surface area contributed by atoms with Crippen LogP contribution in [0.25, 0.3) is 0 Å². The normalized spacial score (nSPS) is 12.2. The van der Waals surface area contributed by atoms with Crippen molar-refractivity contribution in [3.8, 4) is 0 Å². The second kappa shape index (κ2) is 6.45. The quantitative estimate of drug-likeness (QED) is 0.871. The summed E-state index contributed by atoms with van der Waals surface area (Å²) >= 11 is 5.66. The molecule has 0 spiro atoms.